The largest absolute Gasteiger partial charge is 1.00 e. The van der Waals surface area contributed by atoms with Crippen LogP contribution >= 0.6 is 0 Å². The second-order valence-corrected chi connectivity index (χ2v) is 2.70. The van der Waals surface area contributed by atoms with Crippen LogP contribution < -0.4 is 29.6 Å². The van der Waals surface area contributed by atoms with Crippen LogP contribution in [0.5, 0.6) is 0 Å². The van der Waals surface area contributed by atoms with Crippen molar-refractivity contribution in [3.8, 4) is 0 Å². The van der Waals surface area contributed by atoms with Crippen LogP contribution in [0.3, 0.4) is 0 Å². The van der Waals surface area contributed by atoms with Crippen molar-refractivity contribution in [2.75, 3.05) is 0 Å². The number of hydrogen-bond donors (Lipinski definition) is 0. The zero-order chi connectivity index (χ0) is 11.0. The first-order valence-electron chi connectivity index (χ1n) is 3.83. The molecule has 0 spiro atoms. The molecule has 15 heavy (non-hydrogen) atoms. The zero-order valence-electron chi connectivity index (χ0n) is 8.52. The molecule has 0 radical (unpaired) electrons. The van der Waals surface area contributed by atoms with Gasteiger partial charge >= 0.3 is 40.2 Å². The van der Waals surface area contributed by atoms with Crippen molar-refractivity contribution < 1.29 is 51.4 Å². The number of Topliss-reactive ketones (excluding diaryl/α,β-unsaturated/α-hetero) is 1. The molecule has 0 aliphatic heterocycles. The van der Waals surface area contributed by atoms with Crippen LogP contribution in [0, 0.1) is 6.26 Å². The summed E-state index contributed by atoms with van der Waals surface area (Å²) in [5, 5.41) is 0. The molecule has 0 amide bonds. The molecule has 0 aliphatic rings. The van der Waals surface area contributed by atoms with Crippen molar-refractivity contribution in [1.29, 1.82) is 0 Å². The first kappa shape index (κ1) is 17.0. The molecular weight excluding hydrogens is 231 g/mol. The Morgan fingerprint density at radius 2 is 2.00 bits per heavy atom. The molecule has 0 aliphatic carbocycles. The number of furan rings is 1. The van der Waals surface area contributed by atoms with E-state index in [2.05, 4.69) is 6.26 Å². The van der Waals surface area contributed by atoms with Crippen molar-refractivity contribution in [3.63, 3.8) is 0 Å². The molecule has 0 saturated carbocycles. The minimum absolute atomic E-state index is 0. The van der Waals surface area contributed by atoms with Gasteiger partial charge in [-0.3, -0.25) is 0 Å². The van der Waals surface area contributed by atoms with E-state index in [0.29, 0.717) is 12.2 Å². The SMILES string of the molecule is CCCC(=O)c1cc[c-]o1.O=S(=O)=O.[Na+]. The molecule has 0 N–H and O–H groups in total. The van der Waals surface area contributed by atoms with E-state index in [9.17, 15) is 4.79 Å². The van der Waals surface area contributed by atoms with Crippen LogP contribution in [-0.2, 0) is 10.6 Å². The van der Waals surface area contributed by atoms with Gasteiger partial charge in [-0.1, -0.05) is 6.92 Å². The van der Waals surface area contributed by atoms with Crippen molar-refractivity contribution in [2.24, 2.45) is 0 Å². The molecule has 0 saturated heterocycles. The Balaban J connectivity index is 0. The topological polar surface area (TPSA) is 81.4 Å². The van der Waals surface area contributed by atoms with Crippen LogP contribution in [0.2, 0.25) is 0 Å². The third-order valence-corrected chi connectivity index (χ3v) is 1.22. The Bertz CT molecular complexity index is 359. The predicted octanol–water partition coefficient (Wildman–Crippen LogP) is -1.94. The minimum Gasteiger partial charge on any atom is -0.588 e. The monoisotopic (exact) mass is 240 g/mol. The second-order valence-electron chi connectivity index (χ2n) is 2.29. The van der Waals surface area contributed by atoms with Gasteiger partial charge in [-0.15, -0.1) is 18.7 Å². The normalized spacial score (nSPS) is 8.07. The summed E-state index contributed by atoms with van der Waals surface area (Å²) in [4.78, 5) is 11.0. The first-order valence-corrected chi connectivity index (χ1v) is 4.83. The van der Waals surface area contributed by atoms with E-state index in [1.807, 2.05) is 6.92 Å². The van der Waals surface area contributed by atoms with Crippen molar-refractivity contribution in [2.45, 2.75) is 19.8 Å². The van der Waals surface area contributed by atoms with E-state index in [0.717, 1.165) is 6.42 Å². The summed E-state index contributed by atoms with van der Waals surface area (Å²) in [7, 11) is -3.11. The fourth-order valence-corrected chi connectivity index (χ4v) is 0.741. The molecule has 78 valence electrons. The minimum atomic E-state index is -3.11. The van der Waals surface area contributed by atoms with Crippen molar-refractivity contribution >= 4 is 16.4 Å². The summed E-state index contributed by atoms with van der Waals surface area (Å²) in [6.45, 7) is 1.96. The maximum absolute atomic E-state index is 11.0. The standard InChI is InChI=1S/C8H9O2.Na.O3S/c1-2-4-7(9)8-5-3-6-10-8;;1-4(2)3/h3,5H,2,4H2,1H3;;/q-1;+1;. The van der Waals surface area contributed by atoms with E-state index < -0.39 is 10.6 Å². The van der Waals surface area contributed by atoms with Gasteiger partial charge in [0.25, 0.3) is 0 Å². The van der Waals surface area contributed by atoms with Gasteiger partial charge in [-0.25, -0.2) is 0 Å². The summed E-state index contributed by atoms with van der Waals surface area (Å²) in [6.07, 6.45) is 3.89. The van der Waals surface area contributed by atoms with E-state index >= 15 is 0 Å². The molecule has 0 aromatic carbocycles. The van der Waals surface area contributed by atoms with Gasteiger partial charge in [0.1, 0.15) is 5.78 Å². The molecule has 1 aromatic heterocycles. The Morgan fingerprint density at radius 1 is 1.47 bits per heavy atom. The molecule has 1 heterocycles. The third kappa shape index (κ3) is 9.86. The molecule has 0 atom stereocenters. The van der Waals surface area contributed by atoms with Crippen LogP contribution in [0.25, 0.3) is 0 Å². The van der Waals surface area contributed by atoms with Crippen molar-refractivity contribution in [1.82, 2.24) is 0 Å². The van der Waals surface area contributed by atoms with Crippen LogP contribution in [0.4, 0.5) is 0 Å². The zero-order valence-corrected chi connectivity index (χ0v) is 11.3. The number of carbonyl (C=O) groups excluding carboxylic acids is 1. The van der Waals surface area contributed by atoms with E-state index in [1.165, 1.54) is 0 Å². The van der Waals surface area contributed by atoms with E-state index in [-0.39, 0.29) is 35.3 Å². The molecule has 0 fully saturated rings. The van der Waals surface area contributed by atoms with Gasteiger partial charge in [-0.2, -0.15) is 6.07 Å². The Morgan fingerprint density at radius 3 is 2.33 bits per heavy atom. The smallest absolute Gasteiger partial charge is 0.588 e. The number of rotatable bonds is 3. The number of ketones is 1. The van der Waals surface area contributed by atoms with Gasteiger partial charge in [0, 0.05) is 12.2 Å². The van der Waals surface area contributed by atoms with Crippen molar-refractivity contribution in [3.05, 3.63) is 24.2 Å². The molecule has 0 unspecified atom stereocenters. The first-order chi connectivity index (χ1) is 6.57. The average Bonchev–Trinajstić information content (AvgIpc) is 2.55. The van der Waals surface area contributed by atoms with Gasteiger partial charge in [-0.05, 0) is 12.7 Å². The van der Waals surface area contributed by atoms with Crippen LogP contribution in [0.15, 0.2) is 16.5 Å². The fraction of sp³-hybridized carbons (Fsp3) is 0.375. The summed E-state index contributed by atoms with van der Waals surface area (Å²) in [5.74, 6) is 0.477. The third-order valence-electron chi connectivity index (χ3n) is 1.22. The molecular formula is C8H9NaO5S. The van der Waals surface area contributed by atoms with E-state index in [1.54, 1.807) is 12.1 Å². The molecule has 5 nitrogen and oxygen atoms in total. The Kier molecular flexibility index (Phi) is 11.4. The quantitative estimate of drug-likeness (QED) is 0.349. The average molecular weight is 240 g/mol. The fourth-order valence-electron chi connectivity index (χ4n) is 0.741. The molecule has 1 rings (SSSR count). The number of hydrogen-bond acceptors (Lipinski definition) is 5. The van der Waals surface area contributed by atoms with Gasteiger partial charge in [0.05, 0.1) is 0 Å². The predicted molar refractivity (Wildman–Crippen MR) is 46.5 cm³/mol. The summed E-state index contributed by atoms with van der Waals surface area (Å²) >= 11 is 0. The van der Waals surface area contributed by atoms with Crippen LogP contribution in [0.1, 0.15) is 30.3 Å². The maximum atomic E-state index is 11.0. The molecule has 0 bridgehead atoms. The van der Waals surface area contributed by atoms with Gasteiger partial charge in [0.15, 0.2) is 0 Å². The maximum Gasteiger partial charge on any atom is 1.00 e. The molecule has 1 aromatic rings. The van der Waals surface area contributed by atoms with Crippen LogP contribution in [-0.4, -0.2) is 18.4 Å². The van der Waals surface area contributed by atoms with E-state index in [4.69, 9.17) is 17.0 Å². The number of carbonyl (C=O) groups is 1. The Hall–Kier alpha value is -0.430. The molecule has 7 heteroatoms. The second kappa shape index (κ2) is 10.1. The Labute approximate surface area is 111 Å². The summed E-state index contributed by atoms with van der Waals surface area (Å²) in [5.41, 5.74) is 0. The summed E-state index contributed by atoms with van der Waals surface area (Å²) in [6, 6.07) is 3.24. The summed E-state index contributed by atoms with van der Waals surface area (Å²) < 4.78 is 30.1. The van der Waals surface area contributed by atoms with Gasteiger partial charge in [0.2, 0.25) is 0 Å². The van der Waals surface area contributed by atoms with Gasteiger partial charge < -0.3 is 9.21 Å².